The molecule has 0 unspecified atom stereocenters. The van der Waals surface area contributed by atoms with Crippen LogP contribution in [0.25, 0.3) is 5.69 Å². The molecule has 0 aliphatic carbocycles. The molecular formula is C14H14N2O. The molecule has 0 aliphatic rings. The lowest BCUT2D eigenvalue weighted by Crippen LogP contribution is -2.14. The second-order valence-electron chi connectivity index (χ2n) is 4.33. The molecule has 0 spiro atoms. The lowest BCUT2D eigenvalue weighted by Gasteiger charge is -2.06. The SMILES string of the molecule is CC(C)(O)C#Cc1ccc(-n2ccnc2)cc1. The number of rotatable bonds is 1. The third-order valence-corrected chi connectivity index (χ3v) is 2.18. The Labute approximate surface area is 101 Å². The largest absolute Gasteiger partial charge is 0.378 e. The minimum absolute atomic E-state index is 0.885. The molecule has 0 bridgehead atoms. The molecular weight excluding hydrogens is 212 g/mol. The van der Waals surface area contributed by atoms with Gasteiger partial charge in [0, 0.05) is 23.6 Å². The quantitative estimate of drug-likeness (QED) is 0.755. The summed E-state index contributed by atoms with van der Waals surface area (Å²) in [7, 11) is 0. The molecule has 0 radical (unpaired) electrons. The van der Waals surface area contributed by atoms with Crippen molar-refractivity contribution in [3.05, 3.63) is 48.5 Å². The van der Waals surface area contributed by atoms with Crippen LogP contribution in [0.2, 0.25) is 0 Å². The highest BCUT2D eigenvalue weighted by molar-refractivity contribution is 5.42. The lowest BCUT2D eigenvalue weighted by molar-refractivity contribution is 0.143. The number of aliphatic hydroxyl groups is 1. The van der Waals surface area contributed by atoms with Gasteiger partial charge < -0.3 is 9.67 Å². The summed E-state index contributed by atoms with van der Waals surface area (Å²) in [6, 6.07) is 7.79. The highest BCUT2D eigenvalue weighted by Crippen LogP contribution is 2.08. The molecule has 0 atom stereocenters. The fourth-order valence-electron chi connectivity index (χ4n) is 1.35. The van der Waals surface area contributed by atoms with E-state index in [0.29, 0.717) is 0 Å². The maximum absolute atomic E-state index is 9.50. The zero-order chi connectivity index (χ0) is 12.3. The molecule has 3 nitrogen and oxygen atoms in total. The summed E-state index contributed by atoms with van der Waals surface area (Å²) in [6.07, 6.45) is 5.37. The van der Waals surface area contributed by atoms with Crippen LogP contribution in [0.15, 0.2) is 43.0 Å². The smallest absolute Gasteiger partial charge is 0.120 e. The third kappa shape index (κ3) is 3.20. The number of imidazole rings is 1. The summed E-state index contributed by atoms with van der Waals surface area (Å²) in [5, 5.41) is 9.50. The predicted octanol–water partition coefficient (Wildman–Crippen LogP) is 1.99. The van der Waals surface area contributed by atoms with Crippen LogP contribution < -0.4 is 0 Å². The van der Waals surface area contributed by atoms with Crippen molar-refractivity contribution in [1.82, 2.24) is 9.55 Å². The highest BCUT2D eigenvalue weighted by Gasteiger charge is 2.05. The minimum atomic E-state index is -0.955. The van der Waals surface area contributed by atoms with Crippen molar-refractivity contribution in [3.8, 4) is 17.5 Å². The fourth-order valence-corrected chi connectivity index (χ4v) is 1.35. The minimum Gasteiger partial charge on any atom is -0.378 e. The van der Waals surface area contributed by atoms with Crippen LogP contribution in [-0.2, 0) is 0 Å². The first-order chi connectivity index (χ1) is 8.04. The average Bonchev–Trinajstić information content (AvgIpc) is 2.79. The van der Waals surface area contributed by atoms with Gasteiger partial charge in [-0.1, -0.05) is 11.8 Å². The molecule has 0 aliphatic heterocycles. The van der Waals surface area contributed by atoms with E-state index in [1.54, 1.807) is 26.4 Å². The van der Waals surface area contributed by atoms with E-state index in [9.17, 15) is 5.11 Å². The Bertz CT molecular complexity index is 537. The van der Waals surface area contributed by atoms with Gasteiger partial charge in [-0.05, 0) is 38.1 Å². The Hall–Kier alpha value is -2.05. The van der Waals surface area contributed by atoms with E-state index < -0.39 is 5.60 Å². The van der Waals surface area contributed by atoms with Gasteiger partial charge in [-0.25, -0.2) is 4.98 Å². The van der Waals surface area contributed by atoms with Gasteiger partial charge in [-0.15, -0.1) is 0 Å². The van der Waals surface area contributed by atoms with E-state index in [0.717, 1.165) is 11.3 Å². The van der Waals surface area contributed by atoms with Gasteiger partial charge in [0.05, 0.1) is 6.33 Å². The van der Waals surface area contributed by atoms with Crippen LogP contribution in [0.1, 0.15) is 19.4 Å². The topological polar surface area (TPSA) is 38.0 Å². The summed E-state index contributed by atoms with van der Waals surface area (Å²) in [6.45, 7) is 3.33. The molecule has 86 valence electrons. The summed E-state index contributed by atoms with van der Waals surface area (Å²) >= 11 is 0. The van der Waals surface area contributed by atoms with E-state index in [1.807, 2.05) is 35.0 Å². The molecule has 1 aromatic carbocycles. The van der Waals surface area contributed by atoms with Crippen LogP contribution in [0.3, 0.4) is 0 Å². The van der Waals surface area contributed by atoms with Gasteiger partial charge in [0.15, 0.2) is 0 Å². The van der Waals surface area contributed by atoms with Crippen molar-refractivity contribution in [2.75, 3.05) is 0 Å². The molecule has 3 heteroatoms. The first-order valence-electron chi connectivity index (χ1n) is 5.38. The highest BCUT2D eigenvalue weighted by atomic mass is 16.3. The molecule has 2 rings (SSSR count). The lowest BCUT2D eigenvalue weighted by atomic mass is 10.1. The first-order valence-corrected chi connectivity index (χ1v) is 5.38. The van der Waals surface area contributed by atoms with E-state index in [1.165, 1.54) is 0 Å². The van der Waals surface area contributed by atoms with Crippen molar-refractivity contribution < 1.29 is 5.11 Å². The summed E-state index contributed by atoms with van der Waals surface area (Å²) < 4.78 is 1.92. The van der Waals surface area contributed by atoms with Gasteiger partial charge in [0.25, 0.3) is 0 Å². The van der Waals surface area contributed by atoms with Gasteiger partial charge >= 0.3 is 0 Å². The van der Waals surface area contributed by atoms with Crippen molar-refractivity contribution >= 4 is 0 Å². The Balaban J connectivity index is 2.21. The van der Waals surface area contributed by atoms with Gasteiger partial charge in [-0.2, -0.15) is 0 Å². The van der Waals surface area contributed by atoms with Crippen LogP contribution in [0, 0.1) is 11.8 Å². The van der Waals surface area contributed by atoms with Crippen LogP contribution in [0.4, 0.5) is 0 Å². The molecule has 0 fully saturated rings. The Morgan fingerprint density at radius 1 is 1.24 bits per heavy atom. The Kier molecular flexibility index (Phi) is 2.99. The number of hydrogen-bond donors (Lipinski definition) is 1. The monoisotopic (exact) mass is 226 g/mol. The molecule has 1 aromatic heterocycles. The fraction of sp³-hybridized carbons (Fsp3) is 0.214. The van der Waals surface area contributed by atoms with E-state index >= 15 is 0 Å². The van der Waals surface area contributed by atoms with Crippen LogP contribution in [-0.4, -0.2) is 20.3 Å². The van der Waals surface area contributed by atoms with Crippen molar-refractivity contribution in [3.63, 3.8) is 0 Å². The summed E-state index contributed by atoms with van der Waals surface area (Å²) in [5.74, 6) is 5.71. The second kappa shape index (κ2) is 4.44. The van der Waals surface area contributed by atoms with E-state index in [-0.39, 0.29) is 0 Å². The zero-order valence-corrected chi connectivity index (χ0v) is 9.88. The number of hydrogen-bond acceptors (Lipinski definition) is 2. The number of nitrogens with zero attached hydrogens (tertiary/aromatic N) is 2. The van der Waals surface area contributed by atoms with Gasteiger partial charge in [0.1, 0.15) is 5.60 Å². The van der Waals surface area contributed by atoms with Gasteiger partial charge in [0.2, 0.25) is 0 Å². The van der Waals surface area contributed by atoms with Crippen LogP contribution >= 0.6 is 0 Å². The molecule has 17 heavy (non-hydrogen) atoms. The molecule has 0 amide bonds. The second-order valence-corrected chi connectivity index (χ2v) is 4.33. The first kappa shape index (κ1) is 11.4. The van der Waals surface area contributed by atoms with Crippen molar-refractivity contribution in [2.24, 2.45) is 0 Å². The van der Waals surface area contributed by atoms with Crippen LogP contribution in [0.5, 0.6) is 0 Å². The standard InChI is InChI=1S/C14H14N2O/c1-14(2,17)8-7-12-3-5-13(6-4-12)16-10-9-15-11-16/h3-6,9-11,17H,1-2H3. The van der Waals surface area contributed by atoms with E-state index in [2.05, 4.69) is 16.8 Å². The summed E-state index contributed by atoms with van der Waals surface area (Å²) in [4.78, 5) is 3.99. The molecule has 0 saturated heterocycles. The maximum atomic E-state index is 9.50. The maximum Gasteiger partial charge on any atom is 0.120 e. The Morgan fingerprint density at radius 2 is 1.94 bits per heavy atom. The summed E-state index contributed by atoms with van der Waals surface area (Å²) in [5.41, 5.74) is 0.968. The molecule has 1 N–H and O–H groups in total. The number of benzene rings is 1. The van der Waals surface area contributed by atoms with Crippen molar-refractivity contribution in [2.45, 2.75) is 19.4 Å². The Morgan fingerprint density at radius 3 is 2.47 bits per heavy atom. The molecule has 2 aromatic rings. The van der Waals surface area contributed by atoms with Crippen molar-refractivity contribution in [1.29, 1.82) is 0 Å². The zero-order valence-electron chi connectivity index (χ0n) is 9.88. The molecule has 0 saturated carbocycles. The third-order valence-electron chi connectivity index (χ3n) is 2.18. The van der Waals surface area contributed by atoms with Gasteiger partial charge in [-0.3, -0.25) is 0 Å². The normalized spacial score (nSPS) is 10.8. The number of aromatic nitrogens is 2. The van der Waals surface area contributed by atoms with E-state index in [4.69, 9.17) is 0 Å². The predicted molar refractivity (Wildman–Crippen MR) is 66.7 cm³/mol. The molecule has 1 heterocycles. The average molecular weight is 226 g/mol.